The predicted octanol–water partition coefficient (Wildman–Crippen LogP) is 1.59. The summed E-state index contributed by atoms with van der Waals surface area (Å²) >= 11 is 0. The molecule has 1 aromatic carbocycles. The van der Waals surface area contributed by atoms with Crippen molar-refractivity contribution in [3.8, 4) is 11.4 Å². The van der Waals surface area contributed by atoms with Crippen LogP contribution >= 0.6 is 0 Å². The molecule has 0 aliphatic heterocycles. The van der Waals surface area contributed by atoms with E-state index in [-0.39, 0.29) is 6.61 Å². The van der Waals surface area contributed by atoms with Crippen LogP contribution in [0.5, 0.6) is 0 Å². The zero-order valence-corrected chi connectivity index (χ0v) is 10.5. The van der Waals surface area contributed by atoms with E-state index in [1.807, 2.05) is 31.2 Å². The molecular formula is C13H16N2O3. The summed E-state index contributed by atoms with van der Waals surface area (Å²) in [5.41, 5.74) is 2.05. The van der Waals surface area contributed by atoms with E-state index in [1.54, 1.807) is 0 Å². The molecule has 1 heterocycles. The van der Waals surface area contributed by atoms with Crippen molar-refractivity contribution in [1.82, 2.24) is 10.1 Å². The number of aromatic nitrogens is 2. The van der Waals surface area contributed by atoms with Crippen molar-refractivity contribution in [3.63, 3.8) is 0 Å². The van der Waals surface area contributed by atoms with Crippen molar-refractivity contribution < 1.29 is 14.4 Å². The Morgan fingerprint density at radius 3 is 3.00 bits per heavy atom. The summed E-state index contributed by atoms with van der Waals surface area (Å²) in [6, 6.07) is 7.86. The topological polar surface area (TPSA) is 68.4 Å². The van der Waals surface area contributed by atoms with E-state index in [0.29, 0.717) is 18.1 Å². The van der Waals surface area contributed by atoms with Gasteiger partial charge in [0.05, 0.1) is 19.1 Å². The lowest BCUT2D eigenvalue weighted by atomic mass is 10.1. The number of aryl methyl sites for hydroxylation is 1. The monoisotopic (exact) mass is 248 g/mol. The molecule has 5 heteroatoms. The Morgan fingerprint density at radius 1 is 1.44 bits per heavy atom. The molecule has 0 saturated heterocycles. The van der Waals surface area contributed by atoms with Crippen LogP contribution in [0.3, 0.4) is 0 Å². The highest BCUT2D eigenvalue weighted by atomic mass is 16.5. The normalized spacial score (nSPS) is 12.6. The number of rotatable bonds is 5. The SMILES string of the molecule is COCC(O)Cc1nc(-c2cccc(C)c2)no1. The molecule has 0 spiro atoms. The third-order valence-corrected chi connectivity index (χ3v) is 2.51. The summed E-state index contributed by atoms with van der Waals surface area (Å²) in [5.74, 6) is 0.953. The first-order chi connectivity index (χ1) is 8.69. The van der Waals surface area contributed by atoms with Crippen molar-refractivity contribution in [1.29, 1.82) is 0 Å². The second-order valence-corrected chi connectivity index (χ2v) is 4.19. The van der Waals surface area contributed by atoms with Crippen molar-refractivity contribution in [3.05, 3.63) is 35.7 Å². The number of nitrogens with zero attached hydrogens (tertiary/aromatic N) is 2. The molecule has 0 amide bonds. The first-order valence-electron chi connectivity index (χ1n) is 5.75. The Bertz CT molecular complexity index is 510. The van der Waals surface area contributed by atoms with Crippen LogP contribution in [0.15, 0.2) is 28.8 Å². The number of aliphatic hydroxyl groups is 1. The number of benzene rings is 1. The molecule has 0 aliphatic carbocycles. The number of hydrogen-bond acceptors (Lipinski definition) is 5. The van der Waals surface area contributed by atoms with Gasteiger partial charge in [-0.05, 0) is 13.0 Å². The largest absolute Gasteiger partial charge is 0.390 e. The maximum Gasteiger partial charge on any atom is 0.229 e. The lowest BCUT2D eigenvalue weighted by molar-refractivity contribution is 0.0599. The van der Waals surface area contributed by atoms with Crippen molar-refractivity contribution in [2.45, 2.75) is 19.4 Å². The van der Waals surface area contributed by atoms with Gasteiger partial charge in [0.1, 0.15) is 0 Å². The van der Waals surface area contributed by atoms with Crippen molar-refractivity contribution >= 4 is 0 Å². The van der Waals surface area contributed by atoms with Gasteiger partial charge < -0.3 is 14.4 Å². The van der Waals surface area contributed by atoms with Gasteiger partial charge in [0.25, 0.3) is 0 Å². The Balaban J connectivity index is 2.10. The third-order valence-electron chi connectivity index (χ3n) is 2.51. The second-order valence-electron chi connectivity index (χ2n) is 4.19. The minimum atomic E-state index is -0.624. The van der Waals surface area contributed by atoms with Crippen LogP contribution in [-0.2, 0) is 11.2 Å². The van der Waals surface area contributed by atoms with E-state index in [0.717, 1.165) is 11.1 Å². The summed E-state index contributed by atoms with van der Waals surface area (Å²) in [7, 11) is 1.54. The lowest BCUT2D eigenvalue weighted by Gasteiger charge is -2.04. The summed E-state index contributed by atoms with van der Waals surface area (Å²) in [4.78, 5) is 4.25. The average molecular weight is 248 g/mol. The van der Waals surface area contributed by atoms with Crippen LogP contribution in [0.4, 0.5) is 0 Å². The summed E-state index contributed by atoms with van der Waals surface area (Å²) in [6.07, 6.45) is -0.326. The van der Waals surface area contributed by atoms with Gasteiger partial charge in [0, 0.05) is 12.7 Å². The number of aliphatic hydroxyl groups excluding tert-OH is 1. The molecule has 0 saturated carbocycles. The van der Waals surface area contributed by atoms with E-state index in [1.165, 1.54) is 7.11 Å². The zero-order valence-electron chi connectivity index (χ0n) is 10.5. The van der Waals surface area contributed by atoms with E-state index >= 15 is 0 Å². The minimum absolute atomic E-state index is 0.252. The highest BCUT2D eigenvalue weighted by molar-refractivity contribution is 5.55. The van der Waals surface area contributed by atoms with Crippen LogP contribution < -0.4 is 0 Å². The molecule has 1 atom stereocenters. The molecule has 0 fully saturated rings. The number of hydrogen-bond donors (Lipinski definition) is 1. The third kappa shape index (κ3) is 3.15. The van der Waals surface area contributed by atoms with Crippen LogP contribution in [0.1, 0.15) is 11.5 Å². The summed E-state index contributed by atoms with van der Waals surface area (Å²) in [5, 5.41) is 13.5. The maximum absolute atomic E-state index is 9.57. The van der Waals surface area contributed by atoms with Gasteiger partial charge >= 0.3 is 0 Å². The molecule has 5 nitrogen and oxygen atoms in total. The molecule has 0 bridgehead atoms. The molecular weight excluding hydrogens is 232 g/mol. The Kier molecular flexibility index (Phi) is 4.07. The van der Waals surface area contributed by atoms with Crippen LogP contribution in [0.25, 0.3) is 11.4 Å². The highest BCUT2D eigenvalue weighted by Gasteiger charge is 2.13. The molecule has 0 aliphatic rings. The van der Waals surface area contributed by atoms with Crippen LogP contribution in [-0.4, -0.2) is 35.1 Å². The second kappa shape index (κ2) is 5.75. The Hall–Kier alpha value is -1.72. The summed E-state index contributed by atoms with van der Waals surface area (Å²) in [6.45, 7) is 2.26. The molecule has 0 radical (unpaired) electrons. The van der Waals surface area contributed by atoms with Crippen molar-refractivity contribution in [2.75, 3.05) is 13.7 Å². The molecule has 18 heavy (non-hydrogen) atoms. The minimum Gasteiger partial charge on any atom is -0.390 e. The van der Waals surface area contributed by atoms with E-state index in [2.05, 4.69) is 10.1 Å². The Morgan fingerprint density at radius 2 is 2.28 bits per heavy atom. The fourth-order valence-electron chi connectivity index (χ4n) is 1.69. The van der Waals surface area contributed by atoms with Gasteiger partial charge in [-0.1, -0.05) is 28.9 Å². The fourth-order valence-corrected chi connectivity index (χ4v) is 1.69. The van der Waals surface area contributed by atoms with Gasteiger partial charge in [-0.25, -0.2) is 0 Å². The molecule has 1 N–H and O–H groups in total. The molecule has 2 aromatic rings. The fraction of sp³-hybridized carbons (Fsp3) is 0.385. The average Bonchev–Trinajstić information content (AvgIpc) is 2.78. The number of methoxy groups -OCH3 is 1. The van der Waals surface area contributed by atoms with Gasteiger partial charge in [0.2, 0.25) is 11.7 Å². The number of ether oxygens (including phenoxy) is 1. The van der Waals surface area contributed by atoms with Gasteiger partial charge in [-0.3, -0.25) is 0 Å². The first kappa shape index (κ1) is 12.7. The standard InChI is InChI=1S/C13H16N2O3/c1-9-4-3-5-10(6-9)13-14-12(18-15-13)7-11(16)8-17-2/h3-6,11,16H,7-8H2,1-2H3. The lowest BCUT2D eigenvalue weighted by Crippen LogP contribution is -2.17. The van der Waals surface area contributed by atoms with Gasteiger partial charge in [-0.15, -0.1) is 0 Å². The van der Waals surface area contributed by atoms with Crippen molar-refractivity contribution in [2.24, 2.45) is 0 Å². The zero-order chi connectivity index (χ0) is 13.0. The first-order valence-corrected chi connectivity index (χ1v) is 5.75. The van der Waals surface area contributed by atoms with E-state index in [4.69, 9.17) is 9.26 Å². The predicted molar refractivity (Wildman–Crippen MR) is 66.1 cm³/mol. The quantitative estimate of drug-likeness (QED) is 0.870. The Labute approximate surface area is 105 Å². The molecule has 1 aromatic heterocycles. The highest BCUT2D eigenvalue weighted by Crippen LogP contribution is 2.17. The van der Waals surface area contributed by atoms with Crippen LogP contribution in [0.2, 0.25) is 0 Å². The smallest absolute Gasteiger partial charge is 0.229 e. The maximum atomic E-state index is 9.57. The summed E-state index contributed by atoms with van der Waals surface area (Å²) < 4.78 is 9.94. The van der Waals surface area contributed by atoms with Gasteiger partial charge in [-0.2, -0.15) is 4.98 Å². The van der Waals surface area contributed by atoms with E-state index < -0.39 is 6.10 Å². The molecule has 1 unspecified atom stereocenters. The molecule has 96 valence electrons. The van der Waals surface area contributed by atoms with Gasteiger partial charge in [0.15, 0.2) is 0 Å². The molecule has 2 rings (SSSR count). The van der Waals surface area contributed by atoms with E-state index in [9.17, 15) is 5.11 Å². The van der Waals surface area contributed by atoms with Crippen LogP contribution in [0, 0.1) is 6.92 Å².